The molecule has 0 aliphatic rings. The van der Waals surface area contributed by atoms with Gasteiger partial charge in [-0.3, -0.25) is 9.79 Å². The molecule has 26 heavy (non-hydrogen) atoms. The van der Waals surface area contributed by atoms with Crippen LogP contribution in [0, 0.1) is 12.8 Å². The lowest BCUT2D eigenvalue weighted by molar-refractivity contribution is -0.116. The molecule has 0 aliphatic carbocycles. The number of anilines is 1. The number of carbonyl (C=O) groups excluding carboxylic acids is 1. The fraction of sp³-hybridized carbons (Fsp3) is 0.579. The van der Waals surface area contributed by atoms with Gasteiger partial charge in [-0.05, 0) is 37.0 Å². The minimum atomic E-state index is -0.0691. The second-order valence-corrected chi connectivity index (χ2v) is 6.87. The van der Waals surface area contributed by atoms with Crippen LogP contribution in [-0.4, -0.2) is 45.2 Å². The number of nitrogens with zero attached hydrogens (tertiary/aromatic N) is 1. The molecule has 7 heteroatoms. The molecular weight excluding hydrogens is 352 g/mol. The fourth-order valence-corrected chi connectivity index (χ4v) is 2.35. The topological polar surface area (TPSA) is 74.8 Å². The average molecular weight is 383 g/mol. The molecule has 1 amide bonds. The van der Waals surface area contributed by atoms with Crippen LogP contribution in [0.3, 0.4) is 0 Å². The van der Waals surface area contributed by atoms with Crippen molar-refractivity contribution in [2.45, 2.75) is 33.6 Å². The maximum Gasteiger partial charge on any atom is 0.226 e. The molecule has 1 aromatic rings. The maximum atomic E-state index is 12.1. The van der Waals surface area contributed by atoms with Crippen LogP contribution in [0.4, 0.5) is 5.69 Å². The summed E-state index contributed by atoms with van der Waals surface area (Å²) >= 11 is 6.06. The van der Waals surface area contributed by atoms with Crippen molar-refractivity contribution in [1.29, 1.82) is 0 Å². The van der Waals surface area contributed by atoms with Crippen LogP contribution in [-0.2, 0) is 9.53 Å². The summed E-state index contributed by atoms with van der Waals surface area (Å²) in [5, 5.41) is 9.86. The predicted octanol–water partition coefficient (Wildman–Crippen LogP) is 3.20. The number of ether oxygens (including phenoxy) is 1. The number of amides is 1. The van der Waals surface area contributed by atoms with Gasteiger partial charge in [-0.15, -0.1) is 0 Å². The summed E-state index contributed by atoms with van der Waals surface area (Å²) in [6.45, 7) is 8.92. The summed E-state index contributed by atoms with van der Waals surface area (Å²) in [5.74, 6) is 1.17. The van der Waals surface area contributed by atoms with Gasteiger partial charge in [0, 0.05) is 50.5 Å². The van der Waals surface area contributed by atoms with Gasteiger partial charge in [0.1, 0.15) is 0 Å². The van der Waals surface area contributed by atoms with E-state index in [4.69, 9.17) is 16.3 Å². The molecular formula is C19H31ClN4O2. The van der Waals surface area contributed by atoms with Crippen molar-refractivity contribution in [2.24, 2.45) is 10.9 Å². The Hall–Kier alpha value is -1.79. The molecule has 0 aliphatic heterocycles. The van der Waals surface area contributed by atoms with E-state index in [-0.39, 0.29) is 5.91 Å². The Balaban J connectivity index is 2.21. The Bertz CT molecular complexity index is 591. The van der Waals surface area contributed by atoms with Crippen LogP contribution >= 0.6 is 11.6 Å². The van der Waals surface area contributed by atoms with Crippen molar-refractivity contribution in [1.82, 2.24) is 10.6 Å². The smallest absolute Gasteiger partial charge is 0.226 e. The molecule has 0 spiro atoms. The van der Waals surface area contributed by atoms with Gasteiger partial charge in [-0.25, -0.2) is 0 Å². The average Bonchev–Trinajstić information content (AvgIpc) is 2.60. The van der Waals surface area contributed by atoms with Gasteiger partial charge in [-0.2, -0.15) is 0 Å². The lowest BCUT2D eigenvalue weighted by Gasteiger charge is -2.13. The van der Waals surface area contributed by atoms with E-state index in [2.05, 4.69) is 34.8 Å². The molecule has 0 fully saturated rings. The van der Waals surface area contributed by atoms with Crippen molar-refractivity contribution in [2.75, 3.05) is 38.7 Å². The molecule has 3 N–H and O–H groups in total. The Morgan fingerprint density at radius 2 is 2.00 bits per heavy atom. The monoisotopic (exact) mass is 382 g/mol. The Morgan fingerprint density at radius 3 is 2.69 bits per heavy atom. The fourth-order valence-electron chi connectivity index (χ4n) is 2.17. The number of carbonyl (C=O) groups is 1. The Kier molecular flexibility index (Phi) is 10.7. The van der Waals surface area contributed by atoms with Gasteiger partial charge in [0.15, 0.2) is 5.96 Å². The van der Waals surface area contributed by atoms with Crippen LogP contribution in [0.15, 0.2) is 23.2 Å². The highest BCUT2D eigenvalue weighted by molar-refractivity contribution is 6.31. The van der Waals surface area contributed by atoms with Crippen LogP contribution in [0.1, 0.15) is 32.3 Å². The van der Waals surface area contributed by atoms with Crippen LogP contribution in [0.25, 0.3) is 0 Å². The highest BCUT2D eigenvalue weighted by Gasteiger charge is 2.07. The molecule has 1 rings (SSSR count). The van der Waals surface area contributed by atoms with E-state index in [0.29, 0.717) is 29.9 Å². The van der Waals surface area contributed by atoms with Crippen molar-refractivity contribution in [3.63, 3.8) is 0 Å². The van der Waals surface area contributed by atoms with E-state index in [1.54, 1.807) is 13.1 Å². The zero-order chi connectivity index (χ0) is 19.4. The maximum absolute atomic E-state index is 12.1. The molecule has 0 radical (unpaired) electrons. The molecule has 0 aromatic heterocycles. The third-order valence-electron chi connectivity index (χ3n) is 3.62. The third-order valence-corrected chi connectivity index (χ3v) is 4.03. The molecule has 0 saturated heterocycles. The van der Waals surface area contributed by atoms with Crippen LogP contribution in [0.5, 0.6) is 0 Å². The molecule has 0 saturated carbocycles. The molecule has 6 nitrogen and oxygen atoms in total. The van der Waals surface area contributed by atoms with Crippen molar-refractivity contribution in [3.05, 3.63) is 28.8 Å². The van der Waals surface area contributed by atoms with Crippen molar-refractivity contribution in [3.8, 4) is 0 Å². The van der Waals surface area contributed by atoms with E-state index < -0.39 is 0 Å². The number of hydrogen-bond donors (Lipinski definition) is 3. The molecule has 0 bridgehead atoms. The highest BCUT2D eigenvalue weighted by atomic mass is 35.5. The summed E-state index contributed by atoms with van der Waals surface area (Å²) in [6, 6.07) is 5.46. The van der Waals surface area contributed by atoms with E-state index in [1.165, 1.54) is 0 Å². The van der Waals surface area contributed by atoms with E-state index in [9.17, 15) is 4.79 Å². The van der Waals surface area contributed by atoms with Crippen molar-refractivity contribution < 1.29 is 9.53 Å². The van der Waals surface area contributed by atoms with Gasteiger partial charge in [0.25, 0.3) is 0 Å². The van der Waals surface area contributed by atoms with Crippen LogP contribution < -0.4 is 16.0 Å². The number of rotatable bonds is 10. The molecule has 0 heterocycles. The number of aliphatic imine (C=N–C) groups is 1. The van der Waals surface area contributed by atoms with Gasteiger partial charge < -0.3 is 20.7 Å². The van der Waals surface area contributed by atoms with Gasteiger partial charge in [0.05, 0.1) is 0 Å². The molecule has 0 unspecified atom stereocenters. The van der Waals surface area contributed by atoms with Crippen LogP contribution in [0.2, 0.25) is 5.02 Å². The molecule has 0 atom stereocenters. The van der Waals surface area contributed by atoms with Gasteiger partial charge in [-0.1, -0.05) is 31.5 Å². The highest BCUT2D eigenvalue weighted by Crippen LogP contribution is 2.22. The first kappa shape index (κ1) is 22.3. The number of benzene rings is 1. The second kappa shape index (κ2) is 12.5. The number of nitrogens with one attached hydrogen (secondary N) is 3. The second-order valence-electron chi connectivity index (χ2n) is 6.46. The normalized spacial score (nSPS) is 11.5. The minimum Gasteiger partial charge on any atom is -0.381 e. The first-order valence-corrected chi connectivity index (χ1v) is 9.39. The van der Waals surface area contributed by atoms with Gasteiger partial charge in [0.2, 0.25) is 5.91 Å². The zero-order valence-electron chi connectivity index (χ0n) is 16.2. The van der Waals surface area contributed by atoms with Crippen molar-refractivity contribution >= 4 is 29.2 Å². The first-order chi connectivity index (χ1) is 12.4. The Morgan fingerprint density at radius 1 is 1.27 bits per heavy atom. The van der Waals surface area contributed by atoms with Gasteiger partial charge >= 0.3 is 0 Å². The quantitative estimate of drug-likeness (QED) is 0.330. The standard InChI is InChI=1S/C19H31ClN4O2/c1-14(2)13-26-12-6-10-22-19(21-4)23-11-9-18(25)24-17-8-5-7-16(20)15(17)3/h5,7-8,14H,6,9-13H2,1-4H3,(H,24,25)(H2,21,22,23). The largest absolute Gasteiger partial charge is 0.381 e. The Labute approximate surface area is 161 Å². The number of halogens is 1. The summed E-state index contributed by atoms with van der Waals surface area (Å²) < 4.78 is 5.54. The minimum absolute atomic E-state index is 0.0691. The zero-order valence-corrected chi connectivity index (χ0v) is 16.9. The summed E-state index contributed by atoms with van der Waals surface area (Å²) in [4.78, 5) is 16.2. The van der Waals surface area contributed by atoms with E-state index in [1.807, 2.05) is 19.1 Å². The number of guanidine groups is 1. The van der Waals surface area contributed by atoms with E-state index in [0.717, 1.165) is 37.4 Å². The third kappa shape index (κ3) is 9.06. The predicted molar refractivity (Wildman–Crippen MR) is 109 cm³/mol. The summed E-state index contributed by atoms with van der Waals surface area (Å²) in [6.07, 6.45) is 1.24. The summed E-state index contributed by atoms with van der Waals surface area (Å²) in [7, 11) is 1.71. The molecule has 146 valence electrons. The SMILES string of the molecule is CN=C(NCCCOCC(C)C)NCCC(=O)Nc1cccc(Cl)c1C. The summed E-state index contributed by atoms with van der Waals surface area (Å²) in [5.41, 5.74) is 1.61. The molecule has 1 aromatic carbocycles. The first-order valence-electron chi connectivity index (χ1n) is 9.01. The van der Waals surface area contributed by atoms with E-state index >= 15 is 0 Å². The number of hydrogen-bond acceptors (Lipinski definition) is 3. The lowest BCUT2D eigenvalue weighted by Crippen LogP contribution is -2.39. The lowest BCUT2D eigenvalue weighted by atomic mass is 10.2.